The fourth-order valence-corrected chi connectivity index (χ4v) is 3.48. The van der Waals surface area contributed by atoms with E-state index in [9.17, 15) is 29.7 Å². The largest absolute Gasteiger partial charge is 0.481 e. The lowest BCUT2D eigenvalue weighted by Crippen LogP contribution is -2.56. The van der Waals surface area contributed by atoms with E-state index < -0.39 is 60.4 Å². The van der Waals surface area contributed by atoms with Gasteiger partial charge in [-0.3, -0.25) is 9.59 Å². The molecular formula is C17H30N2O8. The van der Waals surface area contributed by atoms with Gasteiger partial charge in [-0.2, -0.15) is 0 Å². The number of nitrogens with one attached hydrogen (secondary N) is 1. The SMILES string of the molecule is CN(C=O)C(C(O)C(O)CO)[C@@H]1CC(C(=O)O)C[C@@H]1NC(=O)OC(C)(C)C. The maximum Gasteiger partial charge on any atom is 0.407 e. The summed E-state index contributed by atoms with van der Waals surface area (Å²) in [7, 11) is 1.38. The quantitative estimate of drug-likeness (QED) is 0.336. The minimum absolute atomic E-state index is 0.0772. The highest BCUT2D eigenvalue weighted by Gasteiger charge is 2.47. The molecule has 0 aromatic rings. The van der Waals surface area contributed by atoms with Gasteiger partial charge in [-0.25, -0.2) is 4.79 Å². The zero-order chi connectivity index (χ0) is 20.9. The normalized spacial score (nSPS) is 26.0. The molecule has 0 radical (unpaired) electrons. The number of ether oxygens (including phenoxy) is 1. The third kappa shape index (κ3) is 6.33. The second-order valence-electron chi connectivity index (χ2n) is 7.93. The van der Waals surface area contributed by atoms with Crippen LogP contribution in [0.4, 0.5) is 4.79 Å². The van der Waals surface area contributed by atoms with E-state index in [-0.39, 0.29) is 12.8 Å². The summed E-state index contributed by atoms with van der Waals surface area (Å²) in [6.07, 6.45) is -3.18. The number of likely N-dealkylation sites (N-methyl/N-ethyl adjacent to an activating group) is 1. The average Bonchev–Trinajstić information content (AvgIpc) is 2.95. The predicted molar refractivity (Wildman–Crippen MR) is 93.7 cm³/mol. The van der Waals surface area contributed by atoms with Crippen molar-refractivity contribution in [3.05, 3.63) is 0 Å². The molecule has 0 bridgehead atoms. The molecule has 0 heterocycles. The van der Waals surface area contributed by atoms with Gasteiger partial charge < -0.3 is 35.4 Å². The van der Waals surface area contributed by atoms with Crippen molar-refractivity contribution >= 4 is 18.5 Å². The number of aliphatic hydroxyl groups excluding tert-OH is 3. The summed E-state index contributed by atoms with van der Waals surface area (Å²) >= 11 is 0. The van der Waals surface area contributed by atoms with Crippen LogP contribution >= 0.6 is 0 Å². The van der Waals surface area contributed by atoms with Crippen LogP contribution in [-0.4, -0.2) is 87.3 Å². The van der Waals surface area contributed by atoms with Gasteiger partial charge in [0.2, 0.25) is 6.41 Å². The molecule has 10 nitrogen and oxygen atoms in total. The topological polar surface area (TPSA) is 157 Å². The monoisotopic (exact) mass is 390 g/mol. The van der Waals surface area contributed by atoms with Crippen molar-refractivity contribution in [3.63, 3.8) is 0 Å². The molecule has 1 fully saturated rings. The number of hydrogen-bond donors (Lipinski definition) is 5. The molecular weight excluding hydrogens is 360 g/mol. The van der Waals surface area contributed by atoms with Gasteiger partial charge in [0.25, 0.3) is 0 Å². The molecule has 5 N–H and O–H groups in total. The summed E-state index contributed by atoms with van der Waals surface area (Å²) < 4.78 is 5.21. The van der Waals surface area contributed by atoms with Gasteiger partial charge in [0.15, 0.2) is 0 Å². The van der Waals surface area contributed by atoms with Gasteiger partial charge in [-0.1, -0.05) is 0 Å². The fourth-order valence-electron chi connectivity index (χ4n) is 3.48. The maximum absolute atomic E-state index is 12.1. The van der Waals surface area contributed by atoms with Crippen LogP contribution in [0.5, 0.6) is 0 Å². The lowest BCUT2D eigenvalue weighted by Gasteiger charge is -2.38. The molecule has 10 heteroatoms. The van der Waals surface area contributed by atoms with Gasteiger partial charge in [0.1, 0.15) is 17.8 Å². The Hall–Kier alpha value is -1.91. The molecule has 2 amide bonds. The first kappa shape index (κ1) is 23.1. The fraction of sp³-hybridized carbons (Fsp3) is 0.824. The van der Waals surface area contributed by atoms with Gasteiger partial charge in [0, 0.05) is 19.0 Å². The standard InChI is InChI=1S/C17H30N2O8/c1-17(2,3)27-16(26)18-11-6-9(15(24)25)5-10(11)13(19(4)8-21)14(23)12(22)7-20/h8-14,20,22-23H,5-7H2,1-4H3,(H,18,26)(H,24,25)/t9?,10-,11+,12?,13?,14?/m1/s1. The number of carbonyl (C=O) groups is 3. The van der Waals surface area contributed by atoms with Crippen LogP contribution in [0.25, 0.3) is 0 Å². The van der Waals surface area contributed by atoms with E-state index in [0.717, 1.165) is 4.90 Å². The van der Waals surface area contributed by atoms with Gasteiger partial charge >= 0.3 is 12.1 Å². The average molecular weight is 390 g/mol. The number of alkyl carbamates (subject to hydrolysis) is 1. The molecule has 0 aliphatic heterocycles. The first-order valence-corrected chi connectivity index (χ1v) is 8.77. The van der Waals surface area contributed by atoms with Gasteiger partial charge in [0.05, 0.1) is 18.6 Å². The molecule has 0 spiro atoms. The van der Waals surface area contributed by atoms with E-state index >= 15 is 0 Å². The van der Waals surface area contributed by atoms with Crippen molar-refractivity contribution in [1.82, 2.24) is 10.2 Å². The number of carboxylic acid groups (broad SMARTS) is 1. The van der Waals surface area contributed by atoms with E-state index in [0.29, 0.717) is 6.41 Å². The van der Waals surface area contributed by atoms with E-state index in [2.05, 4.69) is 5.32 Å². The van der Waals surface area contributed by atoms with Crippen LogP contribution in [0.3, 0.4) is 0 Å². The molecule has 1 aliphatic rings. The Labute approximate surface area is 158 Å². The van der Waals surface area contributed by atoms with Crippen molar-refractivity contribution in [3.8, 4) is 0 Å². The smallest absolute Gasteiger partial charge is 0.407 e. The molecule has 6 atom stereocenters. The molecule has 156 valence electrons. The number of hydrogen-bond acceptors (Lipinski definition) is 7. The number of carbonyl (C=O) groups excluding carboxylic acids is 2. The Kier molecular flexibility index (Phi) is 8.00. The Morgan fingerprint density at radius 3 is 2.33 bits per heavy atom. The zero-order valence-electron chi connectivity index (χ0n) is 16.0. The Balaban J connectivity index is 3.11. The number of carboxylic acids is 1. The molecule has 0 aromatic heterocycles. The second-order valence-corrected chi connectivity index (χ2v) is 7.93. The highest BCUT2D eigenvalue weighted by molar-refractivity contribution is 5.72. The van der Waals surface area contributed by atoms with Gasteiger partial charge in [-0.05, 0) is 33.6 Å². The summed E-state index contributed by atoms with van der Waals surface area (Å²) in [6.45, 7) is 4.32. The van der Waals surface area contributed by atoms with Crippen molar-refractivity contribution in [2.24, 2.45) is 11.8 Å². The van der Waals surface area contributed by atoms with Crippen LogP contribution in [0.15, 0.2) is 0 Å². The van der Waals surface area contributed by atoms with E-state index in [1.165, 1.54) is 7.05 Å². The number of amides is 2. The van der Waals surface area contributed by atoms with Crippen LogP contribution in [0.1, 0.15) is 33.6 Å². The van der Waals surface area contributed by atoms with Crippen LogP contribution < -0.4 is 5.32 Å². The van der Waals surface area contributed by atoms with Crippen molar-refractivity contribution in [2.75, 3.05) is 13.7 Å². The molecule has 0 saturated heterocycles. The van der Waals surface area contributed by atoms with E-state index in [1.54, 1.807) is 20.8 Å². The Bertz CT molecular complexity index is 536. The molecule has 27 heavy (non-hydrogen) atoms. The minimum Gasteiger partial charge on any atom is -0.481 e. The third-order valence-electron chi connectivity index (χ3n) is 4.67. The zero-order valence-corrected chi connectivity index (χ0v) is 16.0. The summed E-state index contributed by atoms with van der Waals surface area (Å²) in [6, 6.07) is -1.71. The van der Waals surface area contributed by atoms with Gasteiger partial charge in [-0.15, -0.1) is 0 Å². The molecule has 4 unspecified atom stereocenters. The van der Waals surface area contributed by atoms with Crippen molar-refractivity contribution in [2.45, 2.75) is 63.5 Å². The molecule has 1 saturated carbocycles. The molecule has 1 aliphatic carbocycles. The van der Waals surface area contributed by atoms with E-state index in [4.69, 9.17) is 9.84 Å². The van der Waals surface area contributed by atoms with Crippen LogP contribution in [0.2, 0.25) is 0 Å². The molecule has 1 rings (SSSR count). The van der Waals surface area contributed by atoms with Crippen molar-refractivity contribution in [1.29, 1.82) is 0 Å². The van der Waals surface area contributed by atoms with E-state index in [1.807, 2.05) is 0 Å². The van der Waals surface area contributed by atoms with Crippen LogP contribution in [0, 0.1) is 11.8 Å². The van der Waals surface area contributed by atoms with Crippen LogP contribution in [-0.2, 0) is 14.3 Å². The summed E-state index contributed by atoms with van der Waals surface area (Å²) in [5.41, 5.74) is -0.754. The predicted octanol–water partition coefficient (Wildman–Crippen LogP) is -0.839. The third-order valence-corrected chi connectivity index (χ3v) is 4.67. The Morgan fingerprint density at radius 1 is 1.30 bits per heavy atom. The number of nitrogens with zero attached hydrogens (tertiary/aromatic N) is 1. The highest BCUT2D eigenvalue weighted by atomic mass is 16.6. The highest BCUT2D eigenvalue weighted by Crippen LogP contribution is 2.37. The lowest BCUT2D eigenvalue weighted by molar-refractivity contribution is -0.141. The number of rotatable bonds is 8. The summed E-state index contributed by atoms with van der Waals surface area (Å²) in [4.78, 5) is 36.0. The van der Waals surface area contributed by atoms with Crippen molar-refractivity contribution < 1.29 is 39.5 Å². The lowest BCUT2D eigenvalue weighted by atomic mass is 9.87. The summed E-state index contributed by atoms with van der Waals surface area (Å²) in [5.74, 6) is -2.51. The first-order chi connectivity index (χ1) is 12.4. The number of aliphatic hydroxyl groups is 3. The Morgan fingerprint density at radius 2 is 1.89 bits per heavy atom. The maximum atomic E-state index is 12.1. The number of aliphatic carboxylic acids is 1. The first-order valence-electron chi connectivity index (χ1n) is 8.77. The minimum atomic E-state index is -1.52. The molecule has 0 aromatic carbocycles. The second kappa shape index (κ2) is 9.34. The summed E-state index contributed by atoms with van der Waals surface area (Å²) in [5, 5.41) is 41.3.